The molecule has 2 rings (SSSR count). The summed E-state index contributed by atoms with van der Waals surface area (Å²) < 4.78 is 5.48. The highest BCUT2D eigenvalue weighted by Gasteiger charge is 2.37. The molecule has 4 heteroatoms. The lowest BCUT2D eigenvalue weighted by atomic mass is 9.84. The van der Waals surface area contributed by atoms with Crippen LogP contribution in [0.15, 0.2) is 58.1 Å². The number of ether oxygens (including phenoxy) is 1. The fourth-order valence-corrected chi connectivity index (χ4v) is 2.62. The minimum absolute atomic E-state index is 0.0643. The Hall–Kier alpha value is -1.87. The lowest BCUT2D eigenvalue weighted by Crippen LogP contribution is -2.28. The van der Waals surface area contributed by atoms with Crippen LogP contribution in [0, 0.1) is 11.8 Å². The van der Waals surface area contributed by atoms with Crippen molar-refractivity contribution < 1.29 is 14.3 Å². The molecule has 1 aliphatic heterocycles. The van der Waals surface area contributed by atoms with E-state index < -0.39 is 5.78 Å². The molecule has 0 saturated heterocycles. The first-order valence-electron chi connectivity index (χ1n) is 7.63. The van der Waals surface area contributed by atoms with Crippen molar-refractivity contribution in [2.24, 2.45) is 5.92 Å². The van der Waals surface area contributed by atoms with Gasteiger partial charge in [-0.1, -0.05) is 49.6 Å². The van der Waals surface area contributed by atoms with Crippen molar-refractivity contribution in [2.75, 3.05) is 0 Å². The van der Waals surface area contributed by atoms with Gasteiger partial charge in [0.25, 0.3) is 0 Å². The average molecular weight is 332 g/mol. The molecule has 0 aromatic heterocycles. The molecule has 3 nitrogen and oxygen atoms in total. The van der Waals surface area contributed by atoms with E-state index in [4.69, 9.17) is 16.3 Å². The molecule has 1 radical (unpaired) electrons. The number of allylic oxidation sites excluding steroid dienone is 8. The highest BCUT2D eigenvalue weighted by atomic mass is 35.5. The number of fused-ring (bicyclic) bond motifs is 1. The first kappa shape index (κ1) is 17.5. The van der Waals surface area contributed by atoms with E-state index in [1.807, 2.05) is 13.0 Å². The average Bonchev–Trinajstić information content (AvgIpc) is 2.55. The van der Waals surface area contributed by atoms with Crippen molar-refractivity contribution >= 4 is 23.2 Å². The van der Waals surface area contributed by atoms with E-state index in [1.54, 1.807) is 12.2 Å². The molecule has 0 unspecified atom stereocenters. The van der Waals surface area contributed by atoms with Crippen LogP contribution in [-0.2, 0) is 14.3 Å². The second-order valence-electron chi connectivity index (χ2n) is 5.84. The third-order valence-corrected chi connectivity index (χ3v) is 4.33. The van der Waals surface area contributed by atoms with Gasteiger partial charge in [0.2, 0.25) is 0 Å². The largest absolute Gasteiger partial charge is 0.464 e. The zero-order chi connectivity index (χ0) is 17.1. The van der Waals surface area contributed by atoms with Crippen molar-refractivity contribution in [1.82, 2.24) is 0 Å². The summed E-state index contributed by atoms with van der Waals surface area (Å²) >= 11 is 6.10. The van der Waals surface area contributed by atoms with E-state index in [-0.39, 0.29) is 16.7 Å². The summed E-state index contributed by atoms with van der Waals surface area (Å²) in [4.78, 5) is 24.0. The molecule has 0 amide bonds. The van der Waals surface area contributed by atoms with E-state index in [1.165, 1.54) is 13.2 Å². The van der Waals surface area contributed by atoms with Gasteiger partial charge >= 0.3 is 0 Å². The number of hydrogen-bond acceptors (Lipinski definition) is 3. The molecule has 0 spiro atoms. The molecule has 23 heavy (non-hydrogen) atoms. The van der Waals surface area contributed by atoms with Crippen molar-refractivity contribution in [3.05, 3.63) is 64.0 Å². The van der Waals surface area contributed by atoms with Crippen LogP contribution in [0.2, 0.25) is 0 Å². The topological polar surface area (TPSA) is 43.4 Å². The Morgan fingerprint density at radius 3 is 2.70 bits per heavy atom. The zero-order valence-corrected chi connectivity index (χ0v) is 14.5. The molecule has 1 aliphatic carbocycles. The summed E-state index contributed by atoms with van der Waals surface area (Å²) in [5, 5.41) is 0.0643. The normalized spacial score (nSPS) is 21.2. The first-order chi connectivity index (χ1) is 10.8. The minimum Gasteiger partial charge on any atom is -0.464 e. The van der Waals surface area contributed by atoms with Crippen molar-refractivity contribution in [2.45, 2.75) is 34.1 Å². The molecular formula is C19H20ClO3. The maximum Gasteiger partial charge on any atom is 0.189 e. The molecule has 0 fully saturated rings. The van der Waals surface area contributed by atoms with Gasteiger partial charge in [-0.2, -0.15) is 0 Å². The number of halogens is 1. The predicted octanol–water partition coefficient (Wildman–Crippen LogP) is 4.57. The fraction of sp³-hybridized carbons (Fsp3) is 0.316. The monoisotopic (exact) mass is 331 g/mol. The van der Waals surface area contributed by atoms with E-state index >= 15 is 0 Å². The highest BCUT2D eigenvalue weighted by molar-refractivity contribution is 6.51. The maximum atomic E-state index is 12.1. The van der Waals surface area contributed by atoms with Crippen LogP contribution in [0.5, 0.6) is 0 Å². The Morgan fingerprint density at radius 2 is 2.04 bits per heavy atom. The third kappa shape index (κ3) is 3.73. The van der Waals surface area contributed by atoms with Crippen LogP contribution in [0.3, 0.4) is 0 Å². The van der Waals surface area contributed by atoms with Crippen LogP contribution in [0.25, 0.3) is 0 Å². The van der Waals surface area contributed by atoms with Crippen LogP contribution in [0.4, 0.5) is 0 Å². The van der Waals surface area contributed by atoms with Gasteiger partial charge in [0.05, 0.1) is 10.6 Å². The number of rotatable bonds is 4. The number of carbonyl (C=O) groups excluding carboxylic acids is 2. The highest BCUT2D eigenvalue weighted by Crippen LogP contribution is 2.35. The van der Waals surface area contributed by atoms with E-state index in [0.717, 1.165) is 12.0 Å². The minimum atomic E-state index is -0.418. The molecule has 1 heterocycles. The van der Waals surface area contributed by atoms with Gasteiger partial charge in [0.1, 0.15) is 17.9 Å². The van der Waals surface area contributed by atoms with Crippen LogP contribution < -0.4 is 0 Å². The van der Waals surface area contributed by atoms with Gasteiger partial charge in [0, 0.05) is 5.57 Å². The van der Waals surface area contributed by atoms with E-state index in [2.05, 4.69) is 19.9 Å². The summed E-state index contributed by atoms with van der Waals surface area (Å²) in [7, 11) is 0. The van der Waals surface area contributed by atoms with Crippen LogP contribution in [-0.4, -0.2) is 11.6 Å². The third-order valence-electron chi connectivity index (χ3n) is 3.95. The molecule has 1 atom stereocenters. The Labute approximate surface area is 142 Å². The van der Waals surface area contributed by atoms with E-state index in [9.17, 15) is 9.59 Å². The number of hydrogen-bond donors (Lipinski definition) is 0. The van der Waals surface area contributed by atoms with Gasteiger partial charge < -0.3 is 4.74 Å². The standard InChI is InChI=1S/C19H20ClO3/c1-5-11(2)8-12(3)6-7-14-9-15-16(10-23-14)18(21)13(4)19(22)17(15)20/h6-11H,5H2,1-4H3/b7-6+,12-8+/t11-/m0/s1. The molecular weight excluding hydrogens is 312 g/mol. The molecule has 121 valence electrons. The molecule has 0 saturated carbocycles. The molecule has 0 N–H and O–H groups in total. The Balaban J connectivity index is 2.26. The summed E-state index contributed by atoms with van der Waals surface area (Å²) in [6.07, 6.45) is 10.0. The van der Waals surface area contributed by atoms with Crippen molar-refractivity contribution in [3.63, 3.8) is 0 Å². The Morgan fingerprint density at radius 1 is 1.35 bits per heavy atom. The van der Waals surface area contributed by atoms with Gasteiger partial charge in [-0.25, -0.2) is 0 Å². The number of ketones is 2. The lowest BCUT2D eigenvalue weighted by molar-refractivity contribution is -0.120. The summed E-state index contributed by atoms with van der Waals surface area (Å²) in [5.41, 5.74) is 1.89. The van der Waals surface area contributed by atoms with Crippen LogP contribution >= 0.6 is 11.6 Å². The number of Topliss-reactive ketones (excluding diaryl/α,β-unsaturated/α-hetero) is 2. The van der Waals surface area contributed by atoms with Crippen molar-refractivity contribution in [1.29, 1.82) is 0 Å². The fourth-order valence-electron chi connectivity index (χ4n) is 2.32. The zero-order valence-electron chi connectivity index (χ0n) is 13.8. The summed E-state index contributed by atoms with van der Waals surface area (Å²) in [6.45, 7) is 7.80. The quantitative estimate of drug-likeness (QED) is 0.708. The van der Waals surface area contributed by atoms with Gasteiger partial charge in [-0.15, -0.1) is 0 Å². The van der Waals surface area contributed by atoms with E-state index in [0.29, 0.717) is 22.8 Å². The summed E-state index contributed by atoms with van der Waals surface area (Å²) in [6, 6.07) is 0. The van der Waals surface area contributed by atoms with Gasteiger partial charge in [-0.05, 0) is 31.9 Å². The van der Waals surface area contributed by atoms with Crippen LogP contribution in [0.1, 0.15) is 34.1 Å². The molecule has 0 aromatic carbocycles. The van der Waals surface area contributed by atoms with Gasteiger partial charge in [-0.3, -0.25) is 9.59 Å². The van der Waals surface area contributed by atoms with Gasteiger partial charge in [0.15, 0.2) is 11.6 Å². The second-order valence-corrected chi connectivity index (χ2v) is 6.21. The molecule has 0 aromatic rings. The predicted molar refractivity (Wildman–Crippen MR) is 91.4 cm³/mol. The Kier molecular flexibility index (Phi) is 5.42. The first-order valence-corrected chi connectivity index (χ1v) is 8.01. The smallest absolute Gasteiger partial charge is 0.189 e. The Bertz CT molecular complexity index is 689. The molecule has 2 aliphatic rings. The SMILES string of the molecule is CC[C@H](C)/C=C(C)/C=C/C1=CC2=C(Cl)C(=O)[C](C)C(=O)C2=CO1. The summed E-state index contributed by atoms with van der Waals surface area (Å²) in [5.74, 6) is 0.420. The molecule has 0 bridgehead atoms. The lowest BCUT2D eigenvalue weighted by Gasteiger charge is -2.23. The van der Waals surface area contributed by atoms with Crippen molar-refractivity contribution in [3.8, 4) is 0 Å². The second kappa shape index (κ2) is 7.14. The number of carbonyl (C=O) groups is 2. The maximum absolute atomic E-state index is 12.1.